The Morgan fingerprint density at radius 1 is 1.33 bits per heavy atom. The van der Waals surface area contributed by atoms with Crippen LogP contribution in [-0.4, -0.2) is 25.7 Å². The molecule has 1 aliphatic rings. The van der Waals surface area contributed by atoms with Gasteiger partial charge in [-0.05, 0) is 48.8 Å². The van der Waals surface area contributed by atoms with Gasteiger partial charge in [-0.25, -0.2) is 8.78 Å². The van der Waals surface area contributed by atoms with Crippen molar-refractivity contribution >= 4 is 21.6 Å². The van der Waals surface area contributed by atoms with Gasteiger partial charge in [-0.2, -0.15) is 0 Å². The van der Waals surface area contributed by atoms with Gasteiger partial charge in [0.25, 0.3) is 0 Å². The molecule has 1 N–H and O–H groups in total. The van der Waals surface area contributed by atoms with Crippen LogP contribution in [0.3, 0.4) is 0 Å². The summed E-state index contributed by atoms with van der Waals surface area (Å²) in [6, 6.07) is 3.13. The van der Waals surface area contributed by atoms with Crippen molar-refractivity contribution in [3.05, 3.63) is 28.2 Å². The van der Waals surface area contributed by atoms with Gasteiger partial charge in [0.15, 0.2) is 0 Å². The second kappa shape index (κ2) is 5.53. The third-order valence-electron chi connectivity index (χ3n) is 3.58. The van der Waals surface area contributed by atoms with Gasteiger partial charge in [-0.15, -0.1) is 0 Å². The molecule has 2 nitrogen and oxygen atoms in total. The van der Waals surface area contributed by atoms with Gasteiger partial charge in [0, 0.05) is 24.7 Å². The van der Waals surface area contributed by atoms with Gasteiger partial charge in [0.05, 0.1) is 10.2 Å². The van der Waals surface area contributed by atoms with Crippen LogP contribution >= 0.6 is 15.9 Å². The molecule has 1 saturated heterocycles. The highest BCUT2D eigenvalue weighted by molar-refractivity contribution is 9.10. The monoisotopic (exact) mass is 318 g/mol. The zero-order valence-electron chi connectivity index (χ0n) is 10.5. The Balaban J connectivity index is 2.24. The van der Waals surface area contributed by atoms with Crippen molar-refractivity contribution < 1.29 is 8.78 Å². The van der Waals surface area contributed by atoms with Crippen LogP contribution in [0.5, 0.6) is 0 Å². The van der Waals surface area contributed by atoms with E-state index < -0.39 is 5.82 Å². The lowest BCUT2D eigenvalue weighted by atomic mass is 9.97. The molecule has 1 aromatic rings. The van der Waals surface area contributed by atoms with E-state index in [1.165, 1.54) is 12.1 Å². The van der Waals surface area contributed by atoms with E-state index in [9.17, 15) is 8.78 Å². The lowest BCUT2D eigenvalue weighted by Gasteiger charge is -2.39. The normalized spacial score (nSPS) is 24.4. The van der Waals surface area contributed by atoms with Crippen molar-refractivity contribution in [3.63, 3.8) is 0 Å². The lowest BCUT2D eigenvalue weighted by Crippen LogP contribution is -2.47. The average Bonchev–Trinajstić information content (AvgIpc) is 2.34. The van der Waals surface area contributed by atoms with E-state index in [4.69, 9.17) is 0 Å². The number of hydrogen-bond acceptors (Lipinski definition) is 2. The standard InChI is InChI=1S/C13H17BrF2N2/c1-8-5-9(17-2)3-4-18(8)13-7-11(15)10(14)6-12(13)16/h6-9,17H,3-5H2,1-2H3. The van der Waals surface area contributed by atoms with Crippen LogP contribution in [0, 0.1) is 11.6 Å². The van der Waals surface area contributed by atoms with Gasteiger partial charge in [0.2, 0.25) is 0 Å². The molecule has 0 amide bonds. The number of rotatable bonds is 2. The quantitative estimate of drug-likeness (QED) is 0.842. The van der Waals surface area contributed by atoms with Gasteiger partial charge < -0.3 is 10.2 Å². The number of benzene rings is 1. The van der Waals surface area contributed by atoms with E-state index in [-0.39, 0.29) is 16.3 Å². The summed E-state index contributed by atoms with van der Waals surface area (Å²) in [7, 11) is 1.94. The topological polar surface area (TPSA) is 15.3 Å². The molecule has 1 heterocycles. The third-order valence-corrected chi connectivity index (χ3v) is 4.19. The molecule has 2 atom stereocenters. The number of nitrogens with one attached hydrogen (secondary N) is 1. The summed E-state index contributed by atoms with van der Waals surface area (Å²) in [4.78, 5) is 1.94. The summed E-state index contributed by atoms with van der Waals surface area (Å²) in [5, 5.41) is 3.24. The second-order valence-electron chi connectivity index (χ2n) is 4.77. The van der Waals surface area contributed by atoms with Crippen LogP contribution in [0.25, 0.3) is 0 Å². The van der Waals surface area contributed by atoms with Crippen LogP contribution < -0.4 is 10.2 Å². The first-order valence-corrected chi connectivity index (χ1v) is 6.90. The minimum atomic E-state index is -0.422. The number of nitrogens with zero attached hydrogens (tertiary/aromatic N) is 1. The molecule has 0 bridgehead atoms. The zero-order chi connectivity index (χ0) is 13.3. The SMILES string of the molecule is CNC1CCN(c2cc(F)c(Br)cc2F)C(C)C1. The molecule has 0 saturated carbocycles. The highest BCUT2D eigenvalue weighted by Crippen LogP contribution is 2.30. The van der Waals surface area contributed by atoms with Crippen LogP contribution in [0.4, 0.5) is 14.5 Å². The molecule has 2 unspecified atom stereocenters. The molecular formula is C13H17BrF2N2. The Morgan fingerprint density at radius 3 is 2.67 bits per heavy atom. The minimum absolute atomic E-state index is 0.168. The smallest absolute Gasteiger partial charge is 0.147 e. The maximum atomic E-state index is 13.9. The predicted octanol–water partition coefficient (Wildman–Crippen LogP) is 3.30. The van der Waals surface area contributed by atoms with Crippen molar-refractivity contribution in [3.8, 4) is 0 Å². The third kappa shape index (κ3) is 2.67. The molecule has 1 aromatic carbocycles. The van der Waals surface area contributed by atoms with E-state index in [0.717, 1.165) is 19.4 Å². The summed E-state index contributed by atoms with van der Waals surface area (Å²) in [6.45, 7) is 2.79. The Hall–Kier alpha value is -0.680. The summed E-state index contributed by atoms with van der Waals surface area (Å²) in [5.74, 6) is -0.799. The molecule has 0 spiro atoms. The van der Waals surface area contributed by atoms with Crippen LogP contribution in [0.2, 0.25) is 0 Å². The van der Waals surface area contributed by atoms with E-state index >= 15 is 0 Å². The Morgan fingerprint density at radius 2 is 2.06 bits per heavy atom. The van der Waals surface area contributed by atoms with E-state index in [1.807, 2.05) is 18.9 Å². The molecule has 18 heavy (non-hydrogen) atoms. The molecule has 0 aliphatic carbocycles. The summed E-state index contributed by atoms with van der Waals surface area (Å²) >= 11 is 3.00. The molecule has 5 heteroatoms. The maximum absolute atomic E-state index is 13.9. The number of halogens is 3. The first-order valence-electron chi connectivity index (χ1n) is 6.11. The van der Waals surface area contributed by atoms with Crippen molar-refractivity contribution in [2.45, 2.75) is 31.8 Å². The van der Waals surface area contributed by atoms with Crippen LogP contribution in [-0.2, 0) is 0 Å². The fourth-order valence-electron chi connectivity index (χ4n) is 2.52. The van der Waals surface area contributed by atoms with Crippen LogP contribution in [0.15, 0.2) is 16.6 Å². The molecule has 1 fully saturated rings. The molecule has 2 rings (SSSR count). The molecule has 100 valence electrons. The summed E-state index contributed by atoms with van der Waals surface area (Å²) < 4.78 is 27.6. The van der Waals surface area contributed by atoms with Crippen molar-refractivity contribution in [1.82, 2.24) is 5.32 Å². The van der Waals surface area contributed by atoms with E-state index in [2.05, 4.69) is 21.2 Å². The van der Waals surface area contributed by atoms with Gasteiger partial charge in [-0.1, -0.05) is 0 Å². The van der Waals surface area contributed by atoms with Gasteiger partial charge >= 0.3 is 0 Å². The zero-order valence-corrected chi connectivity index (χ0v) is 12.1. The molecular weight excluding hydrogens is 302 g/mol. The first-order chi connectivity index (χ1) is 8.52. The predicted molar refractivity (Wildman–Crippen MR) is 72.9 cm³/mol. The maximum Gasteiger partial charge on any atom is 0.147 e. The second-order valence-corrected chi connectivity index (χ2v) is 5.62. The van der Waals surface area contributed by atoms with Crippen molar-refractivity contribution in [2.24, 2.45) is 0 Å². The lowest BCUT2D eigenvalue weighted by molar-refractivity contribution is 0.383. The Bertz CT molecular complexity index is 439. The number of piperidine rings is 1. The fraction of sp³-hybridized carbons (Fsp3) is 0.538. The number of hydrogen-bond donors (Lipinski definition) is 1. The minimum Gasteiger partial charge on any atom is -0.366 e. The molecule has 0 aromatic heterocycles. The summed E-state index contributed by atoms with van der Waals surface area (Å²) in [6.07, 6.45) is 1.88. The largest absolute Gasteiger partial charge is 0.366 e. The average molecular weight is 319 g/mol. The Kier molecular flexibility index (Phi) is 4.22. The summed E-state index contributed by atoms with van der Waals surface area (Å²) in [5.41, 5.74) is 0.359. The van der Waals surface area contributed by atoms with Crippen LogP contribution in [0.1, 0.15) is 19.8 Å². The first kappa shape index (κ1) is 13.7. The fourth-order valence-corrected chi connectivity index (χ4v) is 2.84. The highest BCUT2D eigenvalue weighted by atomic mass is 79.9. The molecule has 0 radical (unpaired) electrons. The van der Waals surface area contributed by atoms with E-state index in [1.54, 1.807) is 0 Å². The Labute approximate surface area is 114 Å². The van der Waals surface area contributed by atoms with Crippen molar-refractivity contribution in [2.75, 3.05) is 18.5 Å². The van der Waals surface area contributed by atoms with E-state index in [0.29, 0.717) is 11.7 Å². The highest BCUT2D eigenvalue weighted by Gasteiger charge is 2.26. The van der Waals surface area contributed by atoms with Gasteiger partial charge in [-0.3, -0.25) is 0 Å². The van der Waals surface area contributed by atoms with Gasteiger partial charge in [0.1, 0.15) is 11.6 Å². The number of anilines is 1. The molecule has 1 aliphatic heterocycles. The van der Waals surface area contributed by atoms with Crippen molar-refractivity contribution in [1.29, 1.82) is 0 Å².